The number of anilines is 1. The average molecular weight is 369 g/mol. The molecule has 0 bridgehead atoms. The Morgan fingerprint density at radius 2 is 2.00 bits per heavy atom. The highest BCUT2D eigenvalue weighted by molar-refractivity contribution is 14.1. The number of benzene rings is 1. The molecule has 2 aromatic rings. The minimum atomic E-state index is 0.555. The molecule has 5 heteroatoms. The van der Waals surface area contributed by atoms with Crippen LogP contribution in [0, 0.1) is 10.5 Å². The van der Waals surface area contributed by atoms with Crippen LogP contribution in [0.15, 0.2) is 24.3 Å². The second kappa shape index (κ2) is 6.29. The summed E-state index contributed by atoms with van der Waals surface area (Å²) < 4.78 is 6.28. The van der Waals surface area contributed by atoms with Crippen LogP contribution in [0.4, 0.5) is 5.82 Å². The van der Waals surface area contributed by atoms with Crippen LogP contribution < -0.4 is 5.32 Å². The van der Waals surface area contributed by atoms with Gasteiger partial charge in [-0.25, -0.2) is 9.97 Å². The van der Waals surface area contributed by atoms with Crippen LogP contribution in [0.1, 0.15) is 11.3 Å². The van der Waals surface area contributed by atoms with E-state index in [0.29, 0.717) is 6.61 Å². The first kappa shape index (κ1) is 14.2. The van der Waals surface area contributed by atoms with Crippen molar-refractivity contribution in [1.29, 1.82) is 0 Å². The van der Waals surface area contributed by atoms with E-state index in [2.05, 4.69) is 37.9 Å². The fraction of sp³-hybridized carbons (Fsp3) is 0.286. The van der Waals surface area contributed by atoms with Crippen molar-refractivity contribution >= 4 is 28.4 Å². The quantitative estimate of drug-likeness (QED) is 0.841. The molecule has 4 nitrogen and oxygen atoms in total. The molecule has 1 N–H and O–H groups in total. The van der Waals surface area contributed by atoms with Crippen molar-refractivity contribution in [2.45, 2.75) is 13.5 Å². The zero-order chi connectivity index (χ0) is 13.8. The molecule has 0 spiro atoms. The third kappa shape index (κ3) is 3.03. The summed E-state index contributed by atoms with van der Waals surface area (Å²) in [5, 5.41) is 3.11. The maximum Gasteiger partial charge on any atom is 0.162 e. The van der Waals surface area contributed by atoms with Crippen molar-refractivity contribution < 1.29 is 4.74 Å². The summed E-state index contributed by atoms with van der Waals surface area (Å²) >= 11 is 2.25. The molecule has 0 aliphatic heterocycles. The molecule has 0 radical (unpaired) electrons. The minimum absolute atomic E-state index is 0.555. The van der Waals surface area contributed by atoms with Crippen LogP contribution >= 0.6 is 22.6 Å². The van der Waals surface area contributed by atoms with E-state index in [1.165, 1.54) is 0 Å². The lowest BCUT2D eigenvalue weighted by molar-refractivity contribution is 0.185. The number of ether oxygens (including phenoxy) is 1. The maximum atomic E-state index is 5.23. The summed E-state index contributed by atoms with van der Waals surface area (Å²) in [5.74, 6) is 1.59. The Morgan fingerprint density at radius 1 is 1.26 bits per heavy atom. The number of halogens is 1. The van der Waals surface area contributed by atoms with Gasteiger partial charge in [0.2, 0.25) is 0 Å². The molecule has 0 aliphatic rings. The first-order valence-electron chi connectivity index (χ1n) is 5.96. The van der Waals surface area contributed by atoms with Gasteiger partial charge < -0.3 is 10.1 Å². The number of hydrogen-bond donors (Lipinski definition) is 1. The van der Waals surface area contributed by atoms with E-state index in [9.17, 15) is 0 Å². The molecule has 0 amide bonds. The van der Waals surface area contributed by atoms with Crippen molar-refractivity contribution in [1.82, 2.24) is 9.97 Å². The summed E-state index contributed by atoms with van der Waals surface area (Å²) in [7, 11) is 3.56. The van der Waals surface area contributed by atoms with Crippen LogP contribution in [0.3, 0.4) is 0 Å². The summed E-state index contributed by atoms with van der Waals surface area (Å²) in [4.78, 5) is 9.16. The zero-order valence-electron chi connectivity index (χ0n) is 11.2. The minimum Gasteiger partial charge on any atom is -0.380 e. The number of hydrogen-bond acceptors (Lipinski definition) is 4. The van der Waals surface area contributed by atoms with Crippen LogP contribution in [-0.2, 0) is 11.3 Å². The highest BCUT2D eigenvalue weighted by Gasteiger charge is 2.12. The molecular weight excluding hydrogens is 353 g/mol. The molecule has 0 fully saturated rings. The number of nitrogens with one attached hydrogen (secondary N) is 1. The van der Waals surface area contributed by atoms with E-state index in [1.54, 1.807) is 7.11 Å². The molecule has 0 saturated carbocycles. The summed E-state index contributed by atoms with van der Waals surface area (Å²) in [5.41, 5.74) is 3.08. The van der Waals surface area contributed by atoms with E-state index in [1.807, 2.05) is 38.2 Å². The first-order valence-corrected chi connectivity index (χ1v) is 7.04. The number of rotatable bonds is 4. The van der Waals surface area contributed by atoms with Gasteiger partial charge in [-0.05, 0) is 35.1 Å². The normalized spacial score (nSPS) is 10.5. The highest BCUT2D eigenvalue weighted by atomic mass is 127. The van der Waals surface area contributed by atoms with Gasteiger partial charge in [-0.2, -0.15) is 0 Å². The fourth-order valence-electron chi connectivity index (χ4n) is 1.87. The Labute approximate surface area is 126 Å². The lowest BCUT2D eigenvalue weighted by Gasteiger charge is -2.11. The molecule has 0 aliphatic carbocycles. The topological polar surface area (TPSA) is 47.0 Å². The van der Waals surface area contributed by atoms with E-state index in [4.69, 9.17) is 4.74 Å². The van der Waals surface area contributed by atoms with Crippen LogP contribution in [-0.4, -0.2) is 24.1 Å². The van der Waals surface area contributed by atoms with Gasteiger partial charge in [-0.15, -0.1) is 0 Å². The third-order valence-electron chi connectivity index (χ3n) is 2.81. The van der Waals surface area contributed by atoms with E-state index < -0.39 is 0 Å². The van der Waals surface area contributed by atoms with E-state index in [-0.39, 0.29) is 0 Å². The summed E-state index contributed by atoms with van der Waals surface area (Å²) in [6.07, 6.45) is 0. The average Bonchev–Trinajstić information content (AvgIpc) is 2.43. The van der Waals surface area contributed by atoms with Crippen molar-refractivity contribution in [2.24, 2.45) is 0 Å². The number of methoxy groups -OCH3 is 1. The molecular formula is C14H16IN3O. The second-order valence-electron chi connectivity index (χ2n) is 4.14. The van der Waals surface area contributed by atoms with Crippen molar-refractivity contribution in [3.63, 3.8) is 0 Å². The number of nitrogens with zero attached hydrogens (tertiary/aromatic N) is 2. The SMILES string of the molecule is CNc1nc(-c2ccccc2COC)nc(C)c1I. The Kier molecular flexibility index (Phi) is 4.71. The van der Waals surface area contributed by atoms with Gasteiger partial charge in [-0.1, -0.05) is 24.3 Å². The third-order valence-corrected chi connectivity index (χ3v) is 4.10. The van der Waals surface area contributed by atoms with Crippen molar-refractivity contribution in [2.75, 3.05) is 19.5 Å². The van der Waals surface area contributed by atoms with Crippen LogP contribution in [0.2, 0.25) is 0 Å². The molecule has 1 heterocycles. The molecule has 19 heavy (non-hydrogen) atoms. The standard InChI is InChI=1S/C14H16IN3O/c1-9-12(15)14(16-2)18-13(17-9)11-7-5-4-6-10(11)8-19-3/h4-7H,8H2,1-3H3,(H,16,17,18). The van der Waals surface area contributed by atoms with Gasteiger partial charge in [0.05, 0.1) is 15.9 Å². The van der Waals surface area contributed by atoms with Gasteiger partial charge in [0, 0.05) is 19.7 Å². The largest absolute Gasteiger partial charge is 0.380 e. The number of aryl methyl sites for hydroxylation is 1. The van der Waals surface area contributed by atoms with Gasteiger partial charge in [-0.3, -0.25) is 0 Å². The molecule has 0 saturated heterocycles. The van der Waals surface area contributed by atoms with Crippen LogP contribution in [0.5, 0.6) is 0 Å². The Morgan fingerprint density at radius 3 is 2.68 bits per heavy atom. The first-order chi connectivity index (χ1) is 9.17. The van der Waals surface area contributed by atoms with Gasteiger partial charge in [0.25, 0.3) is 0 Å². The monoisotopic (exact) mass is 369 g/mol. The highest BCUT2D eigenvalue weighted by Crippen LogP contribution is 2.25. The Balaban J connectivity index is 2.56. The zero-order valence-corrected chi connectivity index (χ0v) is 13.4. The summed E-state index contributed by atoms with van der Waals surface area (Å²) in [6.45, 7) is 2.55. The second-order valence-corrected chi connectivity index (χ2v) is 5.21. The van der Waals surface area contributed by atoms with Gasteiger partial charge in [0.15, 0.2) is 5.82 Å². The molecule has 1 aromatic carbocycles. The van der Waals surface area contributed by atoms with E-state index >= 15 is 0 Å². The molecule has 0 atom stereocenters. The summed E-state index contributed by atoms with van der Waals surface area (Å²) in [6, 6.07) is 8.05. The van der Waals surface area contributed by atoms with Crippen LogP contribution in [0.25, 0.3) is 11.4 Å². The maximum absolute atomic E-state index is 5.23. The lowest BCUT2D eigenvalue weighted by atomic mass is 10.1. The smallest absolute Gasteiger partial charge is 0.162 e. The molecule has 100 valence electrons. The molecule has 0 unspecified atom stereocenters. The number of aromatic nitrogens is 2. The lowest BCUT2D eigenvalue weighted by Crippen LogP contribution is -2.04. The van der Waals surface area contributed by atoms with Crippen molar-refractivity contribution in [3.05, 3.63) is 39.1 Å². The molecule has 1 aromatic heterocycles. The predicted octanol–water partition coefficient (Wildman–Crippen LogP) is 3.24. The van der Waals surface area contributed by atoms with Crippen molar-refractivity contribution in [3.8, 4) is 11.4 Å². The van der Waals surface area contributed by atoms with Gasteiger partial charge in [0.1, 0.15) is 5.82 Å². The molecule has 2 rings (SSSR count). The Bertz CT molecular complexity index is 587. The van der Waals surface area contributed by atoms with Gasteiger partial charge >= 0.3 is 0 Å². The predicted molar refractivity (Wildman–Crippen MR) is 85.2 cm³/mol. The van der Waals surface area contributed by atoms with E-state index in [0.717, 1.165) is 32.0 Å². The fourth-order valence-corrected chi connectivity index (χ4v) is 2.38. The Hall–Kier alpha value is -1.21.